The maximum Gasteiger partial charge on any atom is 0.319 e. The van der Waals surface area contributed by atoms with Gasteiger partial charge in [-0.15, -0.1) is 0 Å². The van der Waals surface area contributed by atoms with Crippen LogP contribution in [0.3, 0.4) is 0 Å². The second-order valence-corrected chi connectivity index (χ2v) is 4.37. The van der Waals surface area contributed by atoms with E-state index in [9.17, 15) is 4.79 Å². The number of hydrogen-bond acceptors (Lipinski definition) is 4. The minimum atomic E-state index is -0.380. The van der Waals surface area contributed by atoms with E-state index < -0.39 is 0 Å². The summed E-state index contributed by atoms with van der Waals surface area (Å²) in [6.45, 7) is 0.0938. The van der Waals surface area contributed by atoms with E-state index in [2.05, 4.69) is 10.6 Å². The van der Waals surface area contributed by atoms with Gasteiger partial charge in [0, 0.05) is 12.2 Å². The molecule has 0 radical (unpaired) electrons. The Morgan fingerprint density at radius 1 is 1.09 bits per heavy atom. The van der Waals surface area contributed by atoms with Gasteiger partial charge in [0.2, 0.25) is 0 Å². The smallest absolute Gasteiger partial charge is 0.319 e. The van der Waals surface area contributed by atoms with Crippen LogP contribution in [0.1, 0.15) is 5.56 Å². The lowest BCUT2D eigenvalue weighted by atomic mass is 10.2. The first-order chi connectivity index (χ1) is 10.7. The summed E-state index contributed by atoms with van der Waals surface area (Å²) in [5, 5.41) is 22.5. The van der Waals surface area contributed by atoms with Gasteiger partial charge in [-0.3, -0.25) is 0 Å². The van der Waals surface area contributed by atoms with Crippen LogP contribution in [0.15, 0.2) is 48.5 Å². The molecular formula is C16H15N3O3. The van der Waals surface area contributed by atoms with E-state index in [-0.39, 0.29) is 19.2 Å². The Labute approximate surface area is 128 Å². The third-order valence-electron chi connectivity index (χ3n) is 2.73. The lowest BCUT2D eigenvalue weighted by Gasteiger charge is -2.08. The molecule has 0 aliphatic rings. The first-order valence-electron chi connectivity index (χ1n) is 6.65. The lowest BCUT2D eigenvalue weighted by Crippen LogP contribution is -2.30. The zero-order valence-corrected chi connectivity index (χ0v) is 11.7. The summed E-state index contributed by atoms with van der Waals surface area (Å²) >= 11 is 0. The maximum absolute atomic E-state index is 11.4. The van der Waals surface area contributed by atoms with E-state index in [0.717, 1.165) is 0 Å². The molecule has 0 unspecified atom stereocenters. The molecule has 0 aliphatic heterocycles. The Bertz CT molecular complexity index is 661. The van der Waals surface area contributed by atoms with E-state index in [1.807, 2.05) is 6.07 Å². The topological polar surface area (TPSA) is 94.4 Å². The van der Waals surface area contributed by atoms with E-state index in [0.29, 0.717) is 22.7 Å². The number of carbonyl (C=O) groups is 1. The van der Waals surface area contributed by atoms with Crippen molar-refractivity contribution < 1.29 is 14.6 Å². The summed E-state index contributed by atoms with van der Waals surface area (Å²) in [6, 6.07) is 15.3. The van der Waals surface area contributed by atoms with Crippen molar-refractivity contribution in [1.29, 1.82) is 5.26 Å². The number of amides is 2. The molecule has 0 heterocycles. The van der Waals surface area contributed by atoms with Crippen LogP contribution in [0, 0.1) is 11.3 Å². The highest BCUT2D eigenvalue weighted by Crippen LogP contribution is 2.23. The molecule has 22 heavy (non-hydrogen) atoms. The summed E-state index contributed by atoms with van der Waals surface area (Å²) in [7, 11) is 0. The highest BCUT2D eigenvalue weighted by molar-refractivity contribution is 5.89. The van der Waals surface area contributed by atoms with Gasteiger partial charge in [-0.1, -0.05) is 0 Å². The number of ether oxygens (including phenoxy) is 1. The quantitative estimate of drug-likeness (QED) is 0.790. The van der Waals surface area contributed by atoms with Gasteiger partial charge in [0.05, 0.1) is 18.2 Å². The Hall–Kier alpha value is -3.04. The van der Waals surface area contributed by atoms with Gasteiger partial charge in [-0.05, 0) is 48.5 Å². The SMILES string of the molecule is N#Cc1ccc(Oc2ccc(NC(=O)NCCO)cc2)cc1. The average Bonchev–Trinajstić information content (AvgIpc) is 2.55. The van der Waals surface area contributed by atoms with Gasteiger partial charge >= 0.3 is 6.03 Å². The molecule has 3 N–H and O–H groups in total. The van der Waals surface area contributed by atoms with E-state index in [1.54, 1.807) is 48.5 Å². The maximum atomic E-state index is 11.4. The van der Waals surface area contributed by atoms with Crippen LogP contribution in [0.4, 0.5) is 10.5 Å². The number of nitriles is 1. The predicted molar refractivity (Wildman–Crippen MR) is 81.8 cm³/mol. The van der Waals surface area contributed by atoms with Gasteiger partial charge in [0.15, 0.2) is 0 Å². The van der Waals surface area contributed by atoms with Crippen molar-refractivity contribution in [1.82, 2.24) is 5.32 Å². The zero-order chi connectivity index (χ0) is 15.8. The average molecular weight is 297 g/mol. The minimum absolute atomic E-state index is 0.106. The minimum Gasteiger partial charge on any atom is -0.457 e. The van der Waals surface area contributed by atoms with Crippen molar-refractivity contribution >= 4 is 11.7 Å². The number of benzene rings is 2. The predicted octanol–water partition coefficient (Wildman–Crippen LogP) is 2.46. The van der Waals surface area contributed by atoms with Crippen molar-refractivity contribution in [2.24, 2.45) is 0 Å². The fourth-order valence-electron chi connectivity index (χ4n) is 1.68. The second kappa shape index (κ2) is 7.67. The summed E-state index contributed by atoms with van der Waals surface area (Å²) in [6.07, 6.45) is 0. The number of aliphatic hydroxyl groups excluding tert-OH is 1. The van der Waals surface area contributed by atoms with Crippen molar-refractivity contribution in [3.8, 4) is 17.6 Å². The fourth-order valence-corrected chi connectivity index (χ4v) is 1.68. The molecular weight excluding hydrogens is 282 g/mol. The molecule has 0 saturated carbocycles. The largest absolute Gasteiger partial charge is 0.457 e. The first-order valence-corrected chi connectivity index (χ1v) is 6.65. The standard InChI is InChI=1S/C16H15N3O3/c17-11-12-1-5-14(6-2-12)22-15-7-3-13(4-8-15)19-16(21)18-9-10-20/h1-8,20H,9-10H2,(H2,18,19,21). The third-order valence-corrected chi connectivity index (χ3v) is 2.73. The molecule has 0 aromatic heterocycles. The summed E-state index contributed by atoms with van der Waals surface area (Å²) in [5.41, 5.74) is 1.18. The Morgan fingerprint density at radius 3 is 2.23 bits per heavy atom. The normalized spacial score (nSPS) is 9.64. The molecule has 0 bridgehead atoms. The van der Waals surface area contributed by atoms with Gasteiger partial charge in [-0.25, -0.2) is 4.79 Å². The molecule has 2 aromatic rings. The van der Waals surface area contributed by atoms with E-state index >= 15 is 0 Å². The first kappa shape index (κ1) is 15.4. The summed E-state index contributed by atoms with van der Waals surface area (Å²) < 4.78 is 5.63. The zero-order valence-electron chi connectivity index (χ0n) is 11.7. The van der Waals surface area contributed by atoms with Crippen LogP contribution in [0.5, 0.6) is 11.5 Å². The highest BCUT2D eigenvalue weighted by atomic mass is 16.5. The number of hydrogen-bond donors (Lipinski definition) is 3. The number of rotatable bonds is 5. The Kier molecular flexibility index (Phi) is 5.35. The molecule has 112 valence electrons. The van der Waals surface area contributed by atoms with Crippen LogP contribution in [0.25, 0.3) is 0 Å². The molecule has 6 nitrogen and oxygen atoms in total. The third kappa shape index (κ3) is 4.51. The van der Waals surface area contributed by atoms with Gasteiger partial charge in [0.1, 0.15) is 11.5 Å². The van der Waals surface area contributed by atoms with Crippen molar-refractivity contribution in [3.05, 3.63) is 54.1 Å². The molecule has 2 aromatic carbocycles. The van der Waals surface area contributed by atoms with Crippen molar-refractivity contribution in [2.75, 3.05) is 18.5 Å². The number of urea groups is 1. The van der Waals surface area contributed by atoms with Crippen LogP contribution < -0.4 is 15.4 Å². The van der Waals surface area contributed by atoms with E-state index in [1.165, 1.54) is 0 Å². The van der Waals surface area contributed by atoms with Crippen molar-refractivity contribution in [2.45, 2.75) is 0 Å². The summed E-state index contributed by atoms with van der Waals surface area (Å²) in [5.74, 6) is 1.24. The van der Waals surface area contributed by atoms with Gasteiger partial charge < -0.3 is 20.5 Å². The number of anilines is 1. The molecule has 2 amide bonds. The van der Waals surface area contributed by atoms with Crippen molar-refractivity contribution in [3.63, 3.8) is 0 Å². The van der Waals surface area contributed by atoms with Crippen LogP contribution in [-0.2, 0) is 0 Å². The molecule has 0 atom stereocenters. The number of nitrogens with one attached hydrogen (secondary N) is 2. The van der Waals surface area contributed by atoms with Gasteiger partial charge in [0.25, 0.3) is 0 Å². The molecule has 0 saturated heterocycles. The number of carbonyl (C=O) groups excluding carboxylic acids is 1. The van der Waals surface area contributed by atoms with Gasteiger partial charge in [-0.2, -0.15) is 5.26 Å². The highest BCUT2D eigenvalue weighted by Gasteiger charge is 2.02. The van der Waals surface area contributed by atoms with E-state index in [4.69, 9.17) is 15.1 Å². The fraction of sp³-hybridized carbons (Fsp3) is 0.125. The molecule has 6 heteroatoms. The lowest BCUT2D eigenvalue weighted by molar-refractivity contribution is 0.245. The molecule has 2 rings (SSSR count). The monoisotopic (exact) mass is 297 g/mol. The van der Waals surface area contributed by atoms with Crippen LogP contribution in [-0.4, -0.2) is 24.3 Å². The summed E-state index contributed by atoms with van der Waals surface area (Å²) in [4.78, 5) is 11.4. The Balaban J connectivity index is 1.93. The number of aliphatic hydroxyl groups is 1. The molecule has 0 spiro atoms. The second-order valence-electron chi connectivity index (χ2n) is 4.37. The van der Waals surface area contributed by atoms with Crippen LogP contribution in [0.2, 0.25) is 0 Å². The Morgan fingerprint density at radius 2 is 1.68 bits per heavy atom. The molecule has 0 fully saturated rings. The number of nitrogens with zero attached hydrogens (tertiary/aromatic N) is 1. The molecule has 0 aliphatic carbocycles. The van der Waals surface area contributed by atoms with Crippen LogP contribution >= 0.6 is 0 Å².